The van der Waals surface area contributed by atoms with E-state index < -0.39 is 12.9 Å². The third kappa shape index (κ3) is 2.48. The maximum atomic E-state index is 13.2. The minimum absolute atomic E-state index is 0.190. The SMILES string of the molecule is O=C(c1ccc(F)c(B(O)O)c1)N1CCCC1. The van der Waals surface area contributed by atoms with Gasteiger partial charge in [-0.1, -0.05) is 0 Å². The molecule has 1 aliphatic heterocycles. The van der Waals surface area contributed by atoms with Crippen LogP contribution in [0.5, 0.6) is 0 Å². The van der Waals surface area contributed by atoms with Crippen molar-refractivity contribution in [3.63, 3.8) is 0 Å². The van der Waals surface area contributed by atoms with E-state index in [9.17, 15) is 9.18 Å². The Kier molecular flexibility index (Phi) is 3.45. The van der Waals surface area contributed by atoms with Crippen LogP contribution in [0.25, 0.3) is 0 Å². The molecule has 0 spiro atoms. The number of rotatable bonds is 2. The van der Waals surface area contributed by atoms with Gasteiger partial charge < -0.3 is 14.9 Å². The lowest BCUT2D eigenvalue weighted by Gasteiger charge is -2.15. The van der Waals surface area contributed by atoms with Crippen molar-refractivity contribution in [2.75, 3.05) is 13.1 Å². The molecule has 0 bridgehead atoms. The lowest BCUT2D eigenvalue weighted by Crippen LogP contribution is -2.35. The first-order valence-electron chi connectivity index (χ1n) is 5.54. The Morgan fingerprint density at radius 2 is 1.94 bits per heavy atom. The molecule has 1 fully saturated rings. The van der Waals surface area contributed by atoms with Gasteiger partial charge in [-0.15, -0.1) is 0 Å². The van der Waals surface area contributed by atoms with Crippen molar-refractivity contribution < 1.29 is 19.2 Å². The zero-order chi connectivity index (χ0) is 12.4. The summed E-state index contributed by atoms with van der Waals surface area (Å²) in [6.45, 7) is 1.40. The molecular weight excluding hydrogens is 224 g/mol. The van der Waals surface area contributed by atoms with Gasteiger partial charge in [0.2, 0.25) is 0 Å². The van der Waals surface area contributed by atoms with E-state index in [1.54, 1.807) is 4.90 Å². The van der Waals surface area contributed by atoms with Crippen LogP contribution >= 0.6 is 0 Å². The molecule has 17 heavy (non-hydrogen) atoms. The topological polar surface area (TPSA) is 60.8 Å². The van der Waals surface area contributed by atoms with Gasteiger partial charge in [-0.2, -0.15) is 0 Å². The zero-order valence-corrected chi connectivity index (χ0v) is 9.27. The van der Waals surface area contributed by atoms with Crippen LogP contribution < -0.4 is 5.46 Å². The number of hydrogen-bond donors (Lipinski definition) is 2. The highest BCUT2D eigenvalue weighted by Crippen LogP contribution is 2.12. The van der Waals surface area contributed by atoms with Crippen molar-refractivity contribution in [2.24, 2.45) is 0 Å². The summed E-state index contributed by atoms with van der Waals surface area (Å²) in [5.41, 5.74) is 0.0199. The Hall–Kier alpha value is -1.40. The maximum absolute atomic E-state index is 13.2. The van der Waals surface area contributed by atoms with E-state index >= 15 is 0 Å². The molecule has 0 aromatic heterocycles. The molecule has 0 atom stereocenters. The highest BCUT2D eigenvalue weighted by molar-refractivity contribution is 6.58. The fourth-order valence-electron chi connectivity index (χ4n) is 1.98. The third-order valence-corrected chi connectivity index (χ3v) is 2.91. The number of amides is 1. The Morgan fingerprint density at radius 1 is 1.29 bits per heavy atom. The Balaban J connectivity index is 2.26. The van der Waals surface area contributed by atoms with Gasteiger partial charge in [-0.25, -0.2) is 4.39 Å². The average molecular weight is 237 g/mol. The van der Waals surface area contributed by atoms with E-state index in [1.165, 1.54) is 12.1 Å². The number of carbonyl (C=O) groups is 1. The molecule has 1 aromatic carbocycles. The fraction of sp³-hybridized carbons (Fsp3) is 0.364. The molecule has 1 saturated heterocycles. The number of hydrogen-bond acceptors (Lipinski definition) is 3. The molecule has 0 aliphatic carbocycles. The quantitative estimate of drug-likeness (QED) is 0.697. The van der Waals surface area contributed by atoms with Crippen molar-refractivity contribution in [3.05, 3.63) is 29.6 Å². The molecule has 1 aromatic rings. The minimum atomic E-state index is -1.90. The normalized spacial score (nSPS) is 15.1. The predicted molar refractivity (Wildman–Crippen MR) is 61.4 cm³/mol. The predicted octanol–water partition coefficient (Wildman–Crippen LogP) is -0.258. The van der Waals surface area contributed by atoms with Crippen LogP contribution in [0.2, 0.25) is 0 Å². The van der Waals surface area contributed by atoms with Gasteiger partial charge >= 0.3 is 7.12 Å². The molecule has 2 rings (SSSR count). The number of nitrogens with zero attached hydrogens (tertiary/aromatic N) is 1. The second-order valence-corrected chi connectivity index (χ2v) is 4.11. The monoisotopic (exact) mass is 237 g/mol. The molecule has 90 valence electrons. The molecule has 1 aliphatic rings. The Bertz CT molecular complexity index is 433. The smallest absolute Gasteiger partial charge is 0.423 e. The van der Waals surface area contributed by atoms with Crippen molar-refractivity contribution in [1.29, 1.82) is 0 Å². The number of halogens is 1. The zero-order valence-electron chi connectivity index (χ0n) is 9.27. The second-order valence-electron chi connectivity index (χ2n) is 4.11. The van der Waals surface area contributed by atoms with Crippen LogP contribution in [0.4, 0.5) is 4.39 Å². The molecule has 2 N–H and O–H groups in total. The van der Waals surface area contributed by atoms with E-state index in [0.717, 1.165) is 18.9 Å². The molecule has 6 heteroatoms. The van der Waals surface area contributed by atoms with Crippen molar-refractivity contribution in [1.82, 2.24) is 4.90 Å². The van der Waals surface area contributed by atoms with Crippen LogP contribution in [-0.2, 0) is 0 Å². The van der Waals surface area contributed by atoms with Crippen LogP contribution in [-0.4, -0.2) is 41.1 Å². The summed E-state index contributed by atoms with van der Waals surface area (Å²) in [4.78, 5) is 13.7. The summed E-state index contributed by atoms with van der Waals surface area (Å²) in [5.74, 6) is -0.914. The number of benzene rings is 1. The minimum Gasteiger partial charge on any atom is -0.423 e. The van der Waals surface area contributed by atoms with E-state index in [2.05, 4.69) is 0 Å². The number of carbonyl (C=O) groups excluding carboxylic acids is 1. The molecular formula is C11H13BFNO3. The first-order valence-corrected chi connectivity index (χ1v) is 5.54. The molecule has 4 nitrogen and oxygen atoms in total. The standard InChI is InChI=1S/C11H13BFNO3/c13-10-4-3-8(7-9(10)12(16)17)11(15)14-5-1-2-6-14/h3-4,7,16-17H,1-2,5-6H2. The highest BCUT2D eigenvalue weighted by Gasteiger charge is 2.23. The van der Waals surface area contributed by atoms with Crippen molar-refractivity contribution in [3.8, 4) is 0 Å². The fourth-order valence-corrected chi connectivity index (χ4v) is 1.98. The molecule has 0 saturated carbocycles. The summed E-state index contributed by atoms with van der Waals surface area (Å²) in [6.07, 6.45) is 1.95. The Labute approximate surface area is 98.8 Å². The summed E-state index contributed by atoms with van der Waals surface area (Å²) in [6, 6.07) is 3.64. The van der Waals surface area contributed by atoms with Gasteiger partial charge in [0.05, 0.1) is 0 Å². The van der Waals surface area contributed by atoms with Crippen molar-refractivity contribution in [2.45, 2.75) is 12.8 Å². The average Bonchev–Trinajstić information content (AvgIpc) is 2.81. The molecule has 1 heterocycles. The lowest BCUT2D eigenvalue weighted by atomic mass is 9.79. The van der Waals surface area contributed by atoms with Gasteiger partial charge in [-0.05, 0) is 31.0 Å². The van der Waals surface area contributed by atoms with Crippen LogP contribution in [0, 0.1) is 5.82 Å². The Morgan fingerprint density at radius 3 is 2.53 bits per heavy atom. The summed E-state index contributed by atoms with van der Waals surface area (Å²) >= 11 is 0. The summed E-state index contributed by atoms with van der Waals surface area (Å²) in [7, 11) is -1.90. The van der Waals surface area contributed by atoms with E-state index in [4.69, 9.17) is 10.0 Å². The highest BCUT2D eigenvalue weighted by atomic mass is 19.1. The van der Waals surface area contributed by atoms with Crippen LogP contribution in [0.3, 0.4) is 0 Å². The van der Waals surface area contributed by atoms with Gasteiger partial charge in [0.15, 0.2) is 0 Å². The molecule has 1 amide bonds. The van der Waals surface area contributed by atoms with Crippen molar-refractivity contribution >= 4 is 18.5 Å². The molecule has 0 unspecified atom stereocenters. The van der Waals surface area contributed by atoms with E-state index in [1.807, 2.05) is 0 Å². The van der Waals surface area contributed by atoms with Crippen LogP contribution in [0.1, 0.15) is 23.2 Å². The first-order chi connectivity index (χ1) is 8.09. The molecule has 0 radical (unpaired) electrons. The van der Waals surface area contributed by atoms with Gasteiger partial charge in [0.25, 0.3) is 5.91 Å². The van der Waals surface area contributed by atoms with Gasteiger partial charge in [-0.3, -0.25) is 4.79 Å². The third-order valence-electron chi connectivity index (χ3n) is 2.91. The first kappa shape index (κ1) is 12.1. The van der Waals surface area contributed by atoms with E-state index in [0.29, 0.717) is 13.1 Å². The van der Waals surface area contributed by atoms with E-state index in [-0.39, 0.29) is 16.9 Å². The number of likely N-dealkylation sites (tertiary alicyclic amines) is 1. The largest absolute Gasteiger partial charge is 0.491 e. The second kappa shape index (κ2) is 4.85. The lowest BCUT2D eigenvalue weighted by molar-refractivity contribution is 0.0793. The summed E-state index contributed by atoms with van der Waals surface area (Å²) in [5, 5.41) is 17.9. The van der Waals surface area contributed by atoms with Gasteiger partial charge in [0.1, 0.15) is 5.82 Å². The van der Waals surface area contributed by atoms with Crippen LogP contribution in [0.15, 0.2) is 18.2 Å². The van der Waals surface area contributed by atoms with Gasteiger partial charge in [0, 0.05) is 24.1 Å². The maximum Gasteiger partial charge on any atom is 0.491 e. The summed E-state index contributed by atoms with van der Waals surface area (Å²) < 4.78 is 13.2.